The first-order valence-corrected chi connectivity index (χ1v) is 10.2. The highest BCUT2D eigenvalue weighted by atomic mass is 32.1. The Morgan fingerprint density at radius 1 is 0.909 bits per heavy atom. The van der Waals surface area contributed by atoms with Crippen molar-refractivity contribution in [2.75, 3.05) is 5.32 Å². The first-order chi connectivity index (χ1) is 15.1. The van der Waals surface area contributed by atoms with E-state index in [2.05, 4.69) is 16.0 Å². The molecule has 0 saturated heterocycles. The van der Waals surface area contributed by atoms with E-state index in [0.717, 1.165) is 5.56 Å². The number of anilines is 1. The van der Waals surface area contributed by atoms with Crippen molar-refractivity contribution in [1.29, 1.82) is 0 Å². The summed E-state index contributed by atoms with van der Waals surface area (Å²) in [5.74, 6) is -0.435. The minimum Gasteiger partial charge on any atom is -0.350 e. The van der Waals surface area contributed by atoms with E-state index in [4.69, 9.17) is 12.2 Å². The van der Waals surface area contributed by atoms with Gasteiger partial charge in [-0.3, -0.25) is 4.79 Å². The number of halogens is 6. The lowest BCUT2D eigenvalue weighted by Gasteiger charge is -2.31. The Bertz CT molecular complexity index is 952. The standard InChI is InChI=1S/C22H23F6N3OS/c1-20(2,3)17(18(32)29-12-13-7-5-4-6-8-13)31-19(33)30-16-10-14(21(23,24)25)9-15(11-16)22(26,27)28/h4-11,17H,12H2,1-3H3,(H,29,32)(H2,30,31,33). The summed E-state index contributed by atoms with van der Waals surface area (Å²) in [4.78, 5) is 12.8. The number of carbonyl (C=O) groups is 1. The Kier molecular flexibility index (Phi) is 8.00. The first kappa shape index (κ1) is 26.4. The number of hydrogen-bond donors (Lipinski definition) is 3. The lowest BCUT2D eigenvalue weighted by molar-refractivity contribution is -0.143. The first-order valence-electron chi connectivity index (χ1n) is 9.76. The zero-order chi connectivity index (χ0) is 25.0. The number of alkyl halides is 6. The molecule has 3 N–H and O–H groups in total. The number of carbonyl (C=O) groups excluding carboxylic acids is 1. The summed E-state index contributed by atoms with van der Waals surface area (Å²) in [6.07, 6.45) is -9.98. The summed E-state index contributed by atoms with van der Waals surface area (Å²) in [6.45, 7) is 5.45. The second-order valence-electron chi connectivity index (χ2n) is 8.40. The molecule has 33 heavy (non-hydrogen) atoms. The maximum Gasteiger partial charge on any atom is 0.416 e. The van der Waals surface area contributed by atoms with Gasteiger partial charge in [-0.05, 0) is 41.4 Å². The molecule has 0 spiro atoms. The van der Waals surface area contributed by atoms with E-state index in [1.807, 2.05) is 30.3 Å². The molecule has 0 saturated carbocycles. The largest absolute Gasteiger partial charge is 0.416 e. The third-order valence-corrected chi connectivity index (χ3v) is 4.78. The summed E-state index contributed by atoms with van der Waals surface area (Å²) in [5.41, 5.74) is -3.29. The van der Waals surface area contributed by atoms with Crippen LogP contribution >= 0.6 is 12.2 Å². The number of nitrogens with one attached hydrogen (secondary N) is 3. The third kappa shape index (κ3) is 7.92. The molecule has 0 aliphatic rings. The Balaban J connectivity index is 2.19. The van der Waals surface area contributed by atoms with E-state index in [1.165, 1.54) is 0 Å². The van der Waals surface area contributed by atoms with Gasteiger partial charge in [0.1, 0.15) is 6.04 Å². The van der Waals surface area contributed by atoms with Crippen molar-refractivity contribution in [3.8, 4) is 0 Å². The normalized spacial score (nSPS) is 13.2. The predicted octanol–water partition coefficient (Wildman–Crippen LogP) is 5.74. The average molecular weight is 492 g/mol. The highest BCUT2D eigenvalue weighted by molar-refractivity contribution is 7.80. The maximum atomic E-state index is 13.1. The molecule has 11 heteroatoms. The summed E-state index contributed by atoms with van der Waals surface area (Å²) >= 11 is 5.09. The number of rotatable bonds is 5. The summed E-state index contributed by atoms with van der Waals surface area (Å²) in [7, 11) is 0. The van der Waals surface area contributed by atoms with E-state index in [-0.39, 0.29) is 17.7 Å². The van der Waals surface area contributed by atoms with Crippen molar-refractivity contribution in [2.24, 2.45) is 5.41 Å². The molecule has 0 aliphatic heterocycles. The monoisotopic (exact) mass is 491 g/mol. The van der Waals surface area contributed by atoms with Crippen LogP contribution in [0.4, 0.5) is 32.0 Å². The topological polar surface area (TPSA) is 53.2 Å². The molecule has 1 amide bonds. The van der Waals surface area contributed by atoms with Crippen molar-refractivity contribution in [1.82, 2.24) is 10.6 Å². The van der Waals surface area contributed by atoms with E-state index >= 15 is 0 Å². The van der Waals surface area contributed by atoms with E-state index in [1.54, 1.807) is 20.8 Å². The van der Waals surface area contributed by atoms with Crippen molar-refractivity contribution < 1.29 is 31.1 Å². The minimum absolute atomic E-state index is 0.0244. The Hall–Kier alpha value is -2.82. The highest BCUT2D eigenvalue weighted by Gasteiger charge is 2.37. The van der Waals surface area contributed by atoms with Crippen LogP contribution in [-0.4, -0.2) is 17.1 Å². The van der Waals surface area contributed by atoms with Crippen molar-refractivity contribution in [3.63, 3.8) is 0 Å². The van der Waals surface area contributed by atoms with Gasteiger partial charge in [-0.2, -0.15) is 26.3 Å². The molecule has 2 rings (SSSR count). The molecule has 2 aromatic carbocycles. The van der Waals surface area contributed by atoms with Gasteiger partial charge in [0.2, 0.25) is 5.91 Å². The van der Waals surface area contributed by atoms with Crippen LogP contribution in [0.3, 0.4) is 0 Å². The van der Waals surface area contributed by atoms with Gasteiger partial charge in [0, 0.05) is 12.2 Å². The van der Waals surface area contributed by atoms with Gasteiger partial charge in [0.05, 0.1) is 11.1 Å². The Labute approximate surface area is 192 Å². The number of amides is 1. The Morgan fingerprint density at radius 3 is 1.88 bits per heavy atom. The van der Waals surface area contributed by atoms with E-state index in [9.17, 15) is 31.1 Å². The van der Waals surface area contributed by atoms with Gasteiger partial charge in [-0.25, -0.2) is 0 Å². The van der Waals surface area contributed by atoms with E-state index < -0.39 is 46.5 Å². The second kappa shape index (κ2) is 9.98. The summed E-state index contributed by atoms with van der Waals surface area (Å²) in [6, 6.07) is 9.22. The van der Waals surface area contributed by atoms with Gasteiger partial charge >= 0.3 is 12.4 Å². The van der Waals surface area contributed by atoms with Crippen molar-refractivity contribution in [3.05, 3.63) is 65.2 Å². The van der Waals surface area contributed by atoms with Crippen LogP contribution < -0.4 is 16.0 Å². The van der Waals surface area contributed by atoms with Gasteiger partial charge in [0.25, 0.3) is 0 Å². The molecule has 0 fully saturated rings. The third-order valence-electron chi connectivity index (χ3n) is 4.56. The van der Waals surface area contributed by atoms with Gasteiger partial charge in [-0.15, -0.1) is 0 Å². The predicted molar refractivity (Wildman–Crippen MR) is 117 cm³/mol. The lowest BCUT2D eigenvalue weighted by atomic mass is 9.86. The molecule has 180 valence electrons. The molecule has 4 nitrogen and oxygen atoms in total. The molecule has 0 radical (unpaired) electrons. The zero-order valence-corrected chi connectivity index (χ0v) is 18.8. The van der Waals surface area contributed by atoms with Crippen LogP contribution in [0.1, 0.15) is 37.5 Å². The quantitative estimate of drug-likeness (QED) is 0.369. The van der Waals surface area contributed by atoms with Crippen LogP contribution in [-0.2, 0) is 23.7 Å². The van der Waals surface area contributed by atoms with Gasteiger partial charge < -0.3 is 16.0 Å². The maximum absolute atomic E-state index is 13.1. The average Bonchev–Trinajstić information content (AvgIpc) is 2.68. The fraction of sp³-hybridized carbons (Fsp3) is 0.364. The number of thiocarbonyl (C=S) groups is 1. The van der Waals surface area contributed by atoms with Gasteiger partial charge in [-0.1, -0.05) is 51.1 Å². The van der Waals surface area contributed by atoms with Crippen LogP contribution in [0, 0.1) is 5.41 Å². The van der Waals surface area contributed by atoms with Gasteiger partial charge in [0.15, 0.2) is 5.11 Å². The SMILES string of the molecule is CC(C)(C)C(NC(=S)Nc1cc(C(F)(F)F)cc(C(F)(F)F)c1)C(=O)NCc1ccccc1. The summed E-state index contributed by atoms with van der Waals surface area (Å²) in [5, 5.41) is 7.49. The van der Waals surface area contributed by atoms with Crippen LogP contribution in [0.15, 0.2) is 48.5 Å². The summed E-state index contributed by atoms with van der Waals surface area (Å²) < 4.78 is 78.4. The fourth-order valence-corrected chi connectivity index (χ4v) is 3.12. The van der Waals surface area contributed by atoms with E-state index in [0.29, 0.717) is 12.1 Å². The van der Waals surface area contributed by atoms with Crippen molar-refractivity contribution >= 4 is 28.9 Å². The molecule has 1 atom stereocenters. The van der Waals surface area contributed by atoms with Crippen LogP contribution in [0.25, 0.3) is 0 Å². The van der Waals surface area contributed by atoms with Crippen molar-refractivity contribution in [2.45, 2.75) is 45.7 Å². The number of benzene rings is 2. The molecular weight excluding hydrogens is 468 g/mol. The zero-order valence-electron chi connectivity index (χ0n) is 18.0. The highest BCUT2D eigenvalue weighted by Crippen LogP contribution is 2.37. The molecule has 2 aromatic rings. The van der Waals surface area contributed by atoms with Crippen LogP contribution in [0.2, 0.25) is 0 Å². The second-order valence-corrected chi connectivity index (χ2v) is 8.80. The molecule has 1 unspecified atom stereocenters. The van der Waals surface area contributed by atoms with Crippen LogP contribution in [0.5, 0.6) is 0 Å². The molecule has 0 aromatic heterocycles. The minimum atomic E-state index is -4.99. The molecule has 0 bridgehead atoms. The fourth-order valence-electron chi connectivity index (χ4n) is 2.89. The number of hydrogen-bond acceptors (Lipinski definition) is 2. The molecule has 0 aliphatic carbocycles. The Morgan fingerprint density at radius 2 is 1.42 bits per heavy atom. The lowest BCUT2D eigenvalue weighted by Crippen LogP contribution is -2.54. The smallest absolute Gasteiger partial charge is 0.350 e. The molecule has 0 heterocycles. The molecular formula is C22H23F6N3OS.